The maximum atomic E-state index is 10.1. The Morgan fingerprint density at radius 3 is 2.78 bits per heavy atom. The number of nitrogens with zero attached hydrogens (tertiary/aromatic N) is 3. The molecule has 94 valence electrons. The van der Waals surface area contributed by atoms with E-state index in [2.05, 4.69) is 14.9 Å². The van der Waals surface area contributed by atoms with Gasteiger partial charge in [-0.1, -0.05) is 0 Å². The lowest BCUT2D eigenvalue weighted by molar-refractivity contribution is 0.122. The summed E-state index contributed by atoms with van der Waals surface area (Å²) in [5.41, 5.74) is 2.57. The molecule has 1 fully saturated rings. The maximum Gasteiger partial charge on any atom is 0.128 e. The normalized spacial score (nSPS) is 16.2. The summed E-state index contributed by atoms with van der Waals surface area (Å²) in [7, 11) is 0. The third-order valence-corrected chi connectivity index (χ3v) is 3.27. The highest BCUT2D eigenvalue weighted by atomic mass is 16.5. The minimum atomic E-state index is 0.243. The van der Waals surface area contributed by atoms with Crippen molar-refractivity contribution < 1.29 is 9.84 Å². The van der Waals surface area contributed by atoms with Crippen LogP contribution in [0.3, 0.4) is 0 Å². The van der Waals surface area contributed by atoms with Crippen LogP contribution in [-0.4, -0.2) is 41.4 Å². The molecule has 18 heavy (non-hydrogen) atoms. The molecule has 0 bridgehead atoms. The van der Waals surface area contributed by atoms with Gasteiger partial charge in [0.05, 0.1) is 29.8 Å². The van der Waals surface area contributed by atoms with E-state index in [0.717, 1.165) is 48.6 Å². The fraction of sp³-hybridized carbons (Fsp3) is 0.385. The Bertz CT molecular complexity index is 580. The van der Waals surface area contributed by atoms with E-state index in [1.54, 1.807) is 6.07 Å². The second-order valence-corrected chi connectivity index (χ2v) is 4.42. The second kappa shape index (κ2) is 4.42. The SMILES string of the molecule is Cc1ncnc2cc(N3CCOCC3)cc(O)c12. The minimum Gasteiger partial charge on any atom is -0.507 e. The van der Waals surface area contributed by atoms with Crippen LogP contribution in [0.4, 0.5) is 5.69 Å². The van der Waals surface area contributed by atoms with Crippen molar-refractivity contribution in [3.05, 3.63) is 24.2 Å². The summed E-state index contributed by atoms with van der Waals surface area (Å²) >= 11 is 0. The van der Waals surface area contributed by atoms with Crippen LogP contribution in [-0.2, 0) is 4.74 Å². The summed E-state index contributed by atoms with van der Waals surface area (Å²) in [4.78, 5) is 10.5. The Labute approximate surface area is 105 Å². The third-order valence-electron chi connectivity index (χ3n) is 3.27. The van der Waals surface area contributed by atoms with Crippen molar-refractivity contribution in [3.8, 4) is 5.75 Å². The molecule has 0 atom stereocenters. The lowest BCUT2D eigenvalue weighted by atomic mass is 10.1. The van der Waals surface area contributed by atoms with Gasteiger partial charge in [0.2, 0.25) is 0 Å². The molecule has 0 spiro atoms. The molecule has 3 rings (SSSR count). The van der Waals surface area contributed by atoms with Crippen LogP contribution in [0, 0.1) is 6.92 Å². The molecule has 0 radical (unpaired) electrons. The fourth-order valence-electron chi connectivity index (χ4n) is 2.32. The molecule has 1 saturated heterocycles. The predicted octanol–water partition coefficient (Wildman–Crippen LogP) is 1.48. The molecule has 1 aliphatic heterocycles. The van der Waals surface area contributed by atoms with Crippen molar-refractivity contribution in [2.75, 3.05) is 31.2 Å². The Kier molecular flexibility index (Phi) is 2.76. The molecule has 1 aromatic carbocycles. The number of aromatic nitrogens is 2. The number of phenols is 1. The van der Waals surface area contributed by atoms with E-state index in [1.165, 1.54) is 6.33 Å². The van der Waals surface area contributed by atoms with Crippen LogP contribution in [0.1, 0.15) is 5.69 Å². The Morgan fingerprint density at radius 2 is 2.00 bits per heavy atom. The quantitative estimate of drug-likeness (QED) is 0.824. The monoisotopic (exact) mass is 245 g/mol. The van der Waals surface area contributed by atoms with Crippen LogP contribution in [0.5, 0.6) is 5.75 Å². The number of morpholine rings is 1. The van der Waals surface area contributed by atoms with E-state index >= 15 is 0 Å². The molecule has 5 nitrogen and oxygen atoms in total. The molecule has 0 amide bonds. The molecule has 1 aromatic heterocycles. The van der Waals surface area contributed by atoms with Crippen LogP contribution in [0.2, 0.25) is 0 Å². The Balaban J connectivity index is 2.09. The first kappa shape index (κ1) is 11.2. The standard InChI is InChI=1S/C13H15N3O2/c1-9-13-11(15-8-14-9)6-10(7-12(13)17)16-2-4-18-5-3-16/h6-8,17H,2-5H2,1H3. The number of ether oxygens (including phenoxy) is 1. The molecule has 0 unspecified atom stereocenters. The van der Waals surface area contributed by atoms with E-state index in [1.807, 2.05) is 13.0 Å². The van der Waals surface area contributed by atoms with Gasteiger partial charge in [-0.05, 0) is 13.0 Å². The third kappa shape index (κ3) is 1.86. The molecule has 2 aromatic rings. The zero-order valence-corrected chi connectivity index (χ0v) is 10.3. The maximum absolute atomic E-state index is 10.1. The van der Waals surface area contributed by atoms with Crippen molar-refractivity contribution in [2.24, 2.45) is 0 Å². The van der Waals surface area contributed by atoms with Crippen molar-refractivity contribution in [2.45, 2.75) is 6.92 Å². The average molecular weight is 245 g/mol. The molecule has 1 N–H and O–H groups in total. The van der Waals surface area contributed by atoms with Gasteiger partial charge in [0, 0.05) is 24.8 Å². The van der Waals surface area contributed by atoms with Gasteiger partial charge >= 0.3 is 0 Å². The number of aryl methyl sites for hydroxylation is 1. The first-order valence-electron chi connectivity index (χ1n) is 6.03. The summed E-state index contributed by atoms with van der Waals surface area (Å²) < 4.78 is 5.33. The highest BCUT2D eigenvalue weighted by Gasteiger charge is 2.14. The van der Waals surface area contributed by atoms with Crippen LogP contribution in [0.25, 0.3) is 10.9 Å². The van der Waals surface area contributed by atoms with E-state index in [-0.39, 0.29) is 5.75 Å². The van der Waals surface area contributed by atoms with Crippen molar-refractivity contribution in [1.29, 1.82) is 0 Å². The number of anilines is 1. The molecular weight excluding hydrogens is 230 g/mol. The summed E-state index contributed by atoms with van der Waals surface area (Å²) in [5.74, 6) is 0.243. The van der Waals surface area contributed by atoms with Crippen molar-refractivity contribution in [3.63, 3.8) is 0 Å². The number of rotatable bonds is 1. The number of benzene rings is 1. The molecule has 0 aliphatic carbocycles. The Hall–Kier alpha value is -1.88. The molecule has 1 aliphatic rings. The summed E-state index contributed by atoms with van der Waals surface area (Å²) in [6, 6.07) is 3.78. The van der Waals surface area contributed by atoms with E-state index in [4.69, 9.17) is 4.74 Å². The fourth-order valence-corrected chi connectivity index (χ4v) is 2.32. The zero-order valence-electron chi connectivity index (χ0n) is 10.3. The minimum absolute atomic E-state index is 0.243. The summed E-state index contributed by atoms with van der Waals surface area (Å²) in [5, 5.41) is 10.9. The van der Waals surface area contributed by atoms with Gasteiger partial charge < -0.3 is 14.7 Å². The number of aromatic hydroxyl groups is 1. The van der Waals surface area contributed by atoms with Gasteiger partial charge in [0.1, 0.15) is 12.1 Å². The van der Waals surface area contributed by atoms with Crippen LogP contribution in [0.15, 0.2) is 18.5 Å². The first-order chi connectivity index (χ1) is 8.75. The largest absolute Gasteiger partial charge is 0.507 e. The first-order valence-corrected chi connectivity index (χ1v) is 6.03. The van der Waals surface area contributed by atoms with Gasteiger partial charge in [-0.25, -0.2) is 9.97 Å². The topological polar surface area (TPSA) is 58.5 Å². The van der Waals surface area contributed by atoms with Crippen LogP contribution < -0.4 is 4.90 Å². The van der Waals surface area contributed by atoms with Gasteiger partial charge in [0.25, 0.3) is 0 Å². The molecule has 2 heterocycles. The second-order valence-electron chi connectivity index (χ2n) is 4.42. The van der Waals surface area contributed by atoms with Gasteiger partial charge in [0.15, 0.2) is 0 Å². The zero-order chi connectivity index (χ0) is 12.5. The van der Waals surface area contributed by atoms with Gasteiger partial charge in [-0.15, -0.1) is 0 Å². The number of hydrogen-bond donors (Lipinski definition) is 1. The lowest BCUT2D eigenvalue weighted by Gasteiger charge is -2.29. The summed E-state index contributed by atoms with van der Waals surface area (Å²) in [6.45, 7) is 5.01. The lowest BCUT2D eigenvalue weighted by Crippen LogP contribution is -2.36. The van der Waals surface area contributed by atoms with Gasteiger partial charge in [-0.2, -0.15) is 0 Å². The van der Waals surface area contributed by atoms with Gasteiger partial charge in [-0.3, -0.25) is 0 Å². The van der Waals surface area contributed by atoms with E-state index in [0.29, 0.717) is 0 Å². The van der Waals surface area contributed by atoms with Crippen molar-refractivity contribution in [1.82, 2.24) is 9.97 Å². The molecular formula is C13H15N3O2. The molecule has 0 saturated carbocycles. The summed E-state index contributed by atoms with van der Waals surface area (Å²) in [6.07, 6.45) is 1.53. The number of fused-ring (bicyclic) bond motifs is 1. The highest BCUT2D eigenvalue weighted by molar-refractivity contribution is 5.90. The predicted molar refractivity (Wildman–Crippen MR) is 69.0 cm³/mol. The van der Waals surface area contributed by atoms with E-state index < -0.39 is 0 Å². The number of phenolic OH excluding ortho intramolecular Hbond substituents is 1. The van der Waals surface area contributed by atoms with E-state index in [9.17, 15) is 5.11 Å². The highest BCUT2D eigenvalue weighted by Crippen LogP contribution is 2.31. The average Bonchev–Trinajstić information content (AvgIpc) is 2.39. The smallest absolute Gasteiger partial charge is 0.128 e. The Morgan fingerprint density at radius 1 is 1.22 bits per heavy atom. The van der Waals surface area contributed by atoms with Crippen LogP contribution >= 0.6 is 0 Å². The van der Waals surface area contributed by atoms with Crippen molar-refractivity contribution >= 4 is 16.6 Å². The number of hydrogen-bond acceptors (Lipinski definition) is 5. The molecule has 5 heteroatoms.